The van der Waals surface area contributed by atoms with Crippen molar-refractivity contribution in [3.63, 3.8) is 0 Å². The molecule has 2 saturated carbocycles. The predicted molar refractivity (Wildman–Crippen MR) is 107 cm³/mol. The Bertz CT molecular complexity index is 953. The van der Waals surface area contributed by atoms with Crippen molar-refractivity contribution in [2.45, 2.75) is 57.2 Å². The largest absolute Gasteiger partial charge is 0.352 e. The molecule has 0 radical (unpaired) electrons. The van der Waals surface area contributed by atoms with Crippen LogP contribution in [-0.2, 0) is 18.4 Å². The zero-order chi connectivity index (χ0) is 20.4. The van der Waals surface area contributed by atoms with Crippen molar-refractivity contribution >= 4 is 11.8 Å². The molecule has 2 aromatic heterocycles. The van der Waals surface area contributed by atoms with Crippen LogP contribution in [0.3, 0.4) is 0 Å². The van der Waals surface area contributed by atoms with Crippen LogP contribution in [0.5, 0.6) is 0 Å². The van der Waals surface area contributed by atoms with Crippen molar-refractivity contribution in [1.82, 2.24) is 24.8 Å². The predicted octanol–water partition coefficient (Wildman–Crippen LogP) is 1.52. The van der Waals surface area contributed by atoms with Crippen LogP contribution in [0.15, 0.2) is 35.5 Å². The monoisotopic (exact) mass is 397 g/mol. The highest BCUT2D eigenvalue weighted by molar-refractivity contribution is 5.94. The molecule has 0 aliphatic heterocycles. The van der Waals surface area contributed by atoms with Gasteiger partial charge in [0.05, 0.1) is 11.6 Å². The SMILES string of the molecule is Cn1ccnc1[C@@H](NC(=O)c1ccc(=O)n(CC(=O)NC2CCCC2)c1)C1CC1. The Balaban J connectivity index is 1.46. The lowest BCUT2D eigenvalue weighted by molar-refractivity contribution is -0.122. The average Bonchev–Trinajstić information content (AvgIpc) is 3.25. The number of nitrogens with zero attached hydrogens (tertiary/aromatic N) is 3. The van der Waals surface area contributed by atoms with E-state index < -0.39 is 0 Å². The molecule has 0 unspecified atom stereocenters. The van der Waals surface area contributed by atoms with Gasteiger partial charge in [0.1, 0.15) is 12.4 Å². The number of amides is 2. The highest BCUT2D eigenvalue weighted by Crippen LogP contribution is 2.40. The first-order chi connectivity index (χ1) is 14.0. The van der Waals surface area contributed by atoms with Crippen LogP contribution in [0.25, 0.3) is 0 Å². The molecule has 29 heavy (non-hydrogen) atoms. The fourth-order valence-corrected chi connectivity index (χ4v) is 4.01. The highest BCUT2D eigenvalue weighted by atomic mass is 16.2. The maximum Gasteiger partial charge on any atom is 0.253 e. The Hall–Kier alpha value is -2.90. The molecule has 0 saturated heterocycles. The molecule has 2 fully saturated rings. The summed E-state index contributed by atoms with van der Waals surface area (Å²) < 4.78 is 3.21. The number of aromatic nitrogens is 3. The fraction of sp³-hybridized carbons (Fsp3) is 0.524. The van der Waals surface area contributed by atoms with Gasteiger partial charge in [-0.15, -0.1) is 0 Å². The fourth-order valence-electron chi connectivity index (χ4n) is 4.01. The Kier molecular flexibility index (Phi) is 5.51. The van der Waals surface area contributed by atoms with Crippen molar-refractivity contribution in [2.24, 2.45) is 13.0 Å². The third-order valence-corrected chi connectivity index (χ3v) is 5.80. The summed E-state index contributed by atoms with van der Waals surface area (Å²) in [5.41, 5.74) is 0.0593. The quantitative estimate of drug-likeness (QED) is 0.740. The number of nitrogens with one attached hydrogen (secondary N) is 2. The van der Waals surface area contributed by atoms with Gasteiger partial charge in [-0.25, -0.2) is 4.98 Å². The summed E-state index contributed by atoms with van der Waals surface area (Å²) in [5, 5.41) is 6.03. The molecule has 0 bridgehead atoms. The van der Waals surface area contributed by atoms with Crippen LogP contribution in [0.2, 0.25) is 0 Å². The smallest absolute Gasteiger partial charge is 0.253 e. The first kappa shape index (κ1) is 19.4. The first-order valence-corrected chi connectivity index (χ1v) is 10.3. The zero-order valence-corrected chi connectivity index (χ0v) is 16.6. The Morgan fingerprint density at radius 2 is 1.97 bits per heavy atom. The second kappa shape index (κ2) is 8.23. The van der Waals surface area contributed by atoms with E-state index in [9.17, 15) is 14.4 Å². The highest BCUT2D eigenvalue weighted by Gasteiger charge is 2.36. The van der Waals surface area contributed by atoms with Gasteiger partial charge < -0.3 is 19.8 Å². The molecule has 1 atom stereocenters. The molecule has 154 valence electrons. The number of carbonyl (C=O) groups is 2. The molecule has 2 aliphatic rings. The van der Waals surface area contributed by atoms with Crippen LogP contribution < -0.4 is 16.2 Å². The summed E-state index contributed by atoms with van der Waals surface area (Å²) in [4.78, 5) is 41.7. The van der Waals surface area contributed by atoms with Gasteiger partial charge in [0.15, 0.2) is 0 Å². The molecule has 2 amide bonds. The van der Waals surface area contributed by atoms with Gasteiger partial charge in [-0.2, -0.15) is 0 Å². The Morgan fingerprint density at radius 3 is 2.62 bits per heavy atom. The van der Waals surface area contributed by atoms with Gasteiger partial charge in [0.2, 0.25) is 5.91 Å². The van der Waals surface area contributed by atoms with Crippen LogP contribution in [0, 0.1) is 5.92 Å². The van der Waals surface area contributed by atoms with E-state index in [0.29, 0.717) is 11.5 Å². The first-order valence-electron chi connectivity index (χ1n) is 10.3. The molecule has 0 spiro atoms. The van der Waals surface area contributed by atoms with Gasteiger partial charge in [-0.1, -0.05) is 12.8 Å². The average molecular weight is 397 g/mol. The number of aryl methyl sites for hydroxylation is 1. The number of hydrogen-bond donors (Lipinski definition) is 2. The lowest BCUT2D eigenvalue weighted by Crippen LogP contribution is -2.38. The van der Waals surface area contributed by atoms with E-state index in [2.05, 4.69) is 15.6 Å². The summed E-state index contributed by atoms with van der Waals surface area (Å²) in [6.45, 7) is -0.0815. The minimum atomic E-state index is -0.300. The third kappa shape index (κ3) is 4.58. The van der Waals surface area contributed by atoms with Crippen molar-refractivity contribution in [1.29, 1.82) is 0 Å². The minimum absolute atomic E-state index is 0.0815. The molecule has 2 aliphatic carbocycles. The molecule has 0 aromatic carbocycles. The minimum Gasteiger partial charge on any atom is -0.352 e. The molecule has 2 aromatic rings. The van der Waals surface area contributed by atoms with Gasteiger partial charge >= 0.3 is 0 Å². The van der Waals surface area contributed by atoms with E-state index in [0.717, 1.165) is 44.3 Å². The standard InChI is InChI=1S/C21H27N5O3/c1-25-11-10-22-20(25)19(14-6-7-14)24-21(29)15-8-9-18(28)26(12-15)13-17(27)23-16-4-2-3-5-16/h8-12,14,16,19H,2-7,13H2,1H3,(H,23,27)(H,24,29)/t19-/m0/s1. The third-order valence-electron chi connectivity index (χ3n) is 5.80. The van der Waals surface area contributed by atoms with Crippen LogP contribution in [0.1, 0.15) is 60.7 Å². The van der Waals surface area contributed by atoms with Crippen molar-refractivity contribution in [3.8, 4) is 0 Å². The van der Waals surface area contributed by atoms with Crippen LogP contribution in [-0.4, -0.2) is 32.0 Å². The number of pyridine rings is 1. The molecule has 8 heteroatoms. The number of imidazole rings is 1. The van der Waals surface area contributed by atoms with Crippen molar-refractivity contribution in [3.05, 3.63) is 52.5 Å². The van der Waals surface area contributed by atoms with Crippen LogP contribution >= 0.6 is 0 Å². The molecule has 4 rings (SSSR count). The van der Waals surface area contributed by atoms with Crippen LogP contribution in [0.4, 0.5) is 0 Å². The molecular weight excluding hydrogens is 370 g/mol. The van der Waals surface area contributed by atoms with Gasteiger partial charge in [-0.05, 0) is 37.7 Å². The molecule has 2 heterocycles. The van der Waals surface area contributed by atoms with Gasteiger partial charge in [0, 0.05) is 37.7 Å². The Morgan fingerprint density at radius 1 is 1.21 bits per heavy atom. The van der Waals surface area contributed by atoms with Gasteiger partial charge in [0.25, 0.3) is 11.5 Å². The second-order valence-corrected chi connectivity index (χ2v) is 8.12. The lowest BCUT2D eigenvalue weighted by Gasteiger charge is -2.18. The summed E-state index contributed by atoms with van der Waals surface area (Å²) in [6, 6.07) is 2.88. The van der Waals surface area contributed by atoms with E-state index in [-0.39, 0.29) is 36.0 Å². The van der Waals surface area contributed by atoms with E-state index in [4.69, 9.17) is 0 Å². The van der Waals surface area contributed by atoms with E-state index in [1.54, 1.807) is 6.20 Å². The van der Waals surface area contributed by atoms with Gasteiger partial charge in [-0.3, -0.25) is 14.4 Å². The van der Waals surface area contributed by atoms with E-state index in [1.165, 1.54) is 22.9 Å². The molecule has 2 N–H and O–H groups in total. The normalized spacial score (nSPS) is 17.8. The lowest BCUT2D eigenvalue weighted by atomic mass is 10.1. The molecular formula is C21H27N5O3. The second-order valence-electron chi connectivity index (χ2n) is 8.12. The van der Waals surface area contributed by atoms with Crippen molar-refractivity contribution in [2.75, 3.05) is 0 Å². The summed E-state index contributed by atoms with van der Waals surface area (Å²) in [6.07, 6.45) is 11.4. The molecule has 8 nitrogen and oxygen atoms in total. The van der Waals surface area contributed by atoms with E-state index in [1.807, 2.05) is 17.8 Å². The maximum atomic E-state index is 12.9. The van der Waals surface area contributed by atoms with Crippen molar-refractivity contribution < 1.29 is 9.59 Å². The number of rotatable bonds is 7. The Labute approximate surface area is 169 Å². The summed E-state index contributed by atoms with van der Waals surface area (Å²) in [5.74, 6) is 0.739. The zero-order valence-electron chi connectivity index (χ0n) is 16.6. The maximum absolute atomic E-state index is 12.9. The number of carbonyl (C=O) groups excluding carboxylic acids is 2. The van der Waals surface area contributed by atoms with E-state index >= 15 is 0 Å². The summed E-state index contributed by atoms with van der Waals surface area (Å²) >= 11 is 0. The summed E-state index contributed by atoms with van der Waals surface area (Å²) in [7, 11) is 1.91. The topological polar surface area (TPSA) is 98.0 Å². The number of hydrogen-bond acceptors (Lipinski definition) is 4.